The number of hydrogen-bond donors (Lipinski definition) is 2. The van der Waals surface area contributed by atoms with Gasteiger partial charge in [0.05, 0.1) is 22.5 Å². The van der Waals surface area contributed by atoms with Crippen LogP contribution in [0, 0.1) is 0 Å². The normalized spacial score (nSPS) is 14.3. The summed E-state index contributed by atoms with van der Waals surface area (Å²) in [6, 6.07) is 16.6. The number of aliphatic imine (C=N–C) groups is 2. The Morgan fingerprint density at radius 2 is 1.76 bits per heavy atom. The van der Waals surface area contributed by atoms with Gasteiger partial charge >= 0.3 is 6.18 Å². The molecule has 1 fully saturated rings. The topological polar surface area (TPSA) is 100 Å². The first-order chi connectivity index (χ1) is 19.6. The zero-order valence-electron chi connectivity index (χ0n) is 22.1. The van der Waals surface area contributed by atoms with Crippen LogP contribution in [-0.2, 0) is 12.1 Å². The average Bonchev–Trinajstić information content (AvgIpc) is 2.97. The molecule has 41 heavy (non-hydrogen) atoms. The first kappa shape index (κ1) is 29.8. The Labute approximate surface area is 240 Å². The monoisotopic (exact) mass is 583 g/mol. The van der Waals surface area contributed by atoms with E-state index >= 15 is 0 Å². The molecule has 3 aromatic carbocycles. The third-order valence-electron chi connectivity index (χ3n) is 6.51. The first-order valence-electron chi connectivity index (χ1n) is 13.1. The lowest BCUT2D eigenvalue weighted by atomic mass is 10.1. The maximum absolute atomic E-state index is 13.3. The quantitative estimate of drug-likeness (QED) is 0.170. The summed E-state index contributed by atoms with van der Waals surface area (Å²) >= 11 is 5.90. The van der Waals surface area contributed by atoms with Crippen molar-refractivity contribution in [1.29, 1.82) is 0 Å². The van der Waals surface area contributed by atoms with Crippen molar-refractivity contribution in [2.75, 3.05) is 23.3 Å². The molecule has 3 aromatic rings. The number of hydrogen-bond acceptors (Lipinski definition) is 4. The van der Waals surface area contributed by atoms with Crippen molar-refractivity contribution in [3.8, 4) is 0 Å². The lowest BCUT2D eigenvalue weighted by Gasteiger charge is -2.29. The average molecular weight is 584 g/mol. The SMILES string of the molecule is NC(CC=Nc1cccc(C(F)(F)F)c1)=NC(=O)c1cc(N2CCCCC2)ccc1NC(=O)c1cccc(CCl)c1. The van der Waals surface area contributed by atoms with Gasteiger partial charge in [0.25, 0.3) is 11.8 Å². The number of nitrogens with two attached hydrogens (primary N) is 1. The van der Waals surface area contributed by atoms with Gasteiger partial charge in [-0.2, -0.15) is 18.2 Å². The van der Waals surface area contributed by atoms with E-state index in [1.807, 2.05) is 6.07 Å². The van der Waals surface area contributed by atoms with E-state index in [2.05, 4.69) is 20.2 Å². The Morgan fingerprint density at radius 3 is 2.49 bits per heavy atom. The van der Waals surface area contributed by atoms with Crippen molar-refractivity contribution in [2.24, 2.45) is 15.7 Å². The number of piperidine rings is 1. The predicted octanol–water partition coefficient (Wildman–Crippen LogP) is 6.98. The van der Waals surface area contributed by atoms with Crippen molar-refractivity contribution in [3.63, 3.8) is 0 Å². The van der Waals surface area contributed by atoms with Gasteiger partial charge in [-0.25, -0.2) is 0 Å². The highest BCUT2D eigenvalue weighted by molar-refractivity contribution is 6.17. The second-order valence-electron chi connectivity index (χ2n) is 9.54. The molecule has 0 aromatic heterocycles. The first-order valence-corrected chi connectivity index (χ1v) is 13.6. The van der Waals surface area contributed by atoms with Crippen LogP contribution in [0.2, 0.25) is 0 Å². The zero-order chi connectivity index (χ0) is 29.4. The number of alkyl halides is 4. The number of halogens is 4. The number of anilines is 2. The molecule has 0 saturated carbocycles. The van der Waals surface area contributed by atoms with Gasteiger partial charge in [-0.1, -0.05) is 18.2 Å². The van der Waals surface area contributed by atoms with Gasteiger partial charge in [0, 0.05) is 42.9 Å². The zero-order valence-corrected chi connectivity index (χ0v) is 22.9. The van der Waals surface area contributed by atoms with Crippen LogP contribution in [-0.4, -0.2) is 37.0 Å². The van der Waals surface area contributed by atoms with Crippen LogP contribution in [0.3, 0.4) is 0 Å². The number of amides is 2. The third kappa shape index (κ3) is 8.17. The minimum atomic E-state index is -4.48. The van der Waals surface area contributed by atoms with Crippen LogP contribution in [0.1, 0.15) is 57.5 Å². The summed E-state index contributed by atoms with van der Waals surface area (Å²) in [5.41, 5.74) is 7.67. The molecule has 0 radical (unpaired) electrons. The summed E-state index contributed by atoms with van der Waals surface area (Å²) in [5.74, 6) is -0.915. The molecule has 1 aliphatic heterocycles. The molecule has 214 valence electrons. The van der Waals surface area contributed by atoms with Crippen LogP contribution in [0.15, 0.2) is 76.7 Å². The molecule has 4 rings (SSSR count). The van der Waals surface area contributed by atoms with Gasteiger partial charge in [0.2, 0.25) is 0 Å². The lowest BCUT2D eigenvalue weighted by Crippen LogP contribution is -2.29. The summed E-state index contributed by atoms with van der Waals surface area (Å²) in [7, 11) is 0. The van der Waals surface area contributed by atoms with E-state index in [9.17, 15) is 22.8 Å². The fourth-order valence-electron chi connectivity index (χ4n) is 4.40. The van der Waals surface area contributed by atoms with Crippen LogP contribution in [0.4, 0.5) is 30.2 Å². The van der Waals surface area contributed by atoms with Gasteiger partial charge in [0.1, 0.15) is 5.84 Å². The fraction of sp³-hybridized carbons (Fsp3) is 0.267. The second kappa shape index (κ2) is 13.5. The molecule has 0 atom stereocenters. The van der Waals surface area contributed by atoms with Crippen molar-refractivity contribution >= 4 is 52.5 Å². The Kier molecular flexibility index (Phi) is 9.78. The molecule has 0 unspecified atom stereocenters. The number of amidine groups is 1. The number of nitrogens with one attached hydrogen (secondary N) is 1. The van der Waals surface area contributed by atoms with E-state index in [4.69, 9.17) is 17.3 Å². The lowest BCUT2D eigenvalue weighted by molar-refractivity contribution is -0.137. The number of benzene rings is 3. The molecule has 3 N–H and O–H groups in total. The number of carbonyl (C=O) groups excluding carboxylic acids is 2. The van der Waals surface area contributed by atoms with Crippen molar-refractivity contribution in [1.82, 2.24) is 0 Å². The summed E-state index contributed by atoms with van der Waals surface area (Å²) in [6.45, 7) is 1.70. The van der Waals surface area contributed by atoms with Crippen molar-refractivity contribution < 1.29 is 22.8 Å². The van der Waals surface area contributed by atoms with Gasteiger partial charge in [-0.05, 0) is 73.4 Å². The molecular weight excluding hydrogens is 555 g/mol. The molecule has 7 nitrogen and oxygen atoms in total. The Morgan fingerprint density at radius 1 is 1.00 bits per heavy atom. The molecule has 1 saturated heterocycles. The molecule has 1 aliphatic rings. The van der Waals surface area contributed by atoms with Crippen molar-refractivity contribution in [2.45, 2.75) is 37.7 Å². The molecule has 0 bridgehead atoms. The molecule has 11 heteroatoms. The predicted molar refractivity (Wildman–Crippen MR) is 157 cm³/mol. The van der Waals surface area contributed by atoms with Gasteiger partial charge in [-0.15, -0.1) is 11.6 Å². The molecular formula is C30H29ClF3N5O2. The fourth-order valence-corrected chi connectivity index (χ4v) is 4.57. The van der Waals surface area contributed by atoms with Gasteiger partial charge < -0.3 is 16.0 Å². The highest BCUT2D eigenvalue weighted by Gasteiger charge is 2.30. The van der Waals surface area contributed by atoms with E-state index < -0.39 is 23.6 Å². The Balaban J connectivity index is 1.55. The summed E-state index contributed by atoms with van der Waals surface area (Å²) in [5, 5.41) is 2.79. The van der Waals surface area contributed by atoms with Crippen LogP contribution < -0.4 is 16.0 Å². The van der Waals surface area contributed by atoms with E-state index in [-0.39, 0.29) is 35.1 Å². The standard InChI is InChI=1S/C30H29ClF3N5O2/c31-19-20-6-4-7-21(16-20)28(40)37-26-11-10-24(39-14-2-1-3-15-39)18-25(26)29(41)38-27(35)12-13-36-23-9-5-8-22(17-23)30(32,33)34/h4-11,13,16-18H,1-3,12,14-15,19H2,(H,37,40)(H2,35,38,41). The Hall–Kier alpha value is -4.18. The number of carbonyl (C=O) groups is 2. The largest absolute Gasteiger partial charge is 0.416 e. The Bertz CT molecular complexity index is 1470. The van der Waals surface area contributed by atoms with Gasteiger partial charge in [0.15, 0.2) is 0 Å². The van der Waals surface area contributed by atoms with Crippen molar-refractivity contribution in [3.05, 3.63) is 89.0 Å². The summed E-state index contributed by atoms with van der Waals surface area (Å²) in [4.78, 5) is 36.5. The molecule has 0 spiro atoms. The van der Waals surface area contributed by atoms with E-state index in [0.29, 0.717) is 5.56 Å². The third-order valence-corrected chi connectivity index (χ3v) is 6.81. The smallest absolute Gasteiger partial charge is 0.387 e. The van der Waals surface area contributed by atoms with E-state index in [0.717, 1.165) is 55.7 Å². The highest BCUT2D eigenvalue weighted by Crippen LogP contribution is 2.31. The minimum absolute atomic E-state index is 0.0687. The summed E-state index contributed by atoms with van der Waals surface area (Å²) < 4.78 is 38.8. The van der Waals surface area contributed by atoms with E-state index in [1.54, 1.807) is 36.4 Å². The maximum Gasteiger partial charge on any atom is 0.416 e. The van der Waals surface area contributed by atoms with Gasteiger partial charge in [-0.3, -0.25) is 14.6 Å². The molecule has 2 amide bonds. The van der Waals surface area contributed by atoms with E-state index in [1.165, 1.54) is 18.3 Å². The molecule has 1 heterocycles. The molecule has 0 aliphatic carbocycles. The second-order valence-corrected chi connectivity index (χ2v) is 9.81. The van der Waals surface area contributed by atoms with Crippen LogP contribution in [0.25, 0.3) is 0 Å². The van der Waals surface area contributed by atoms with Crippen LogP contribution >= 0.6 is 11.6 Å². The summed E-state index contributed by atoms with van der Waals surface area (Å²) in [6.07, 6.45) is -0.0507. The number of nitrogens with zero attached hydrogens (tertiary/aromatic N) is 3. The highest BCUT2D eigenvalue weighted by atomic mass is 35.5. The number of rotatable bonds is 8. The van der Waals surface area contributed by atoms with Crippen LogP contribution in [0.5, 0.6) is 0 Å². The minimum Gasteiger partial charge on any atom is -0.387 e. The maximum atomic E-state index is 13.3.